The van der Waals surface area contributed by atoms with Crippen molar-refractivity contribution < 1.29 is 19.2 Å². The Morgan fingerprint density at radius 1 is 1.00 bits per heavy atom. The lowest BCUT2D eigenvalue weighted by atomic mass is 9.91. The first kappa shape index (κ1) is 14.7. The van der Waals surface area contributed by atoms with Gasteiger partial charge in [-0.15, -0.1) is 0 Å². The van der Waals surface area contributed by atoms with Crippen LogP contribution in [0.3, 0.4) is 0 Å². The van der Waals surface area contributed by atoms with E-state index in [4.69, 9.17) is 9.47 Å². The SMILES string of the molecule is O=C1OCc2ccccc2OC[C@]2(c3ccccc3)C[C@@]12[N+](=O)[O-]. The minimum absolute atomic E-state index is 0.0323. The van der Waals surface area contributed by atoms with Crippen LogP contribution in [0.2, 0.25) is 0 Å². The summed E-state index contributed by atoms with van der Waals surface area (Å²) in [6.45, 7) is 0.0274. The molecule has 2 aromatic rings. The molecule has 6 heteroatoms. The number of cyclic esters (lactones) is 1. The Morgan fingerprint density at radius 2 is 1.71 bits per heavy atom. The Hall–Kier alpha value is -2.89. The van der Waals surface area contributed by atoms with Crippen molar-refractivity contribution in [3.05, 3.63) is 75.8 Å². The number of carbonyl (C=O) groups excluding carboxylic acids is 1. The fourth-order valence-electron chi connectivity index (χ4n) is 3.55. The molecule has 0 radical (unpaired) electrons. The molecular weight excluding hydrogens is 310 g/mol. The number of rotatable bonds is 2. The number of nitrogens with zero attached hydrogens (tertiary/aromatic N) is 1. The van der Waals surface area contributed by atoms with E-state index in [0.29, 0.717) is 11.3 Å². The van der Waals surface area contributed by atoms with Crippen molar-refractivity contribution in [3.63, 3.8) is 0 Å². The number of hydrogen-bond acceptors (Lipinski definition) is 5. The van der Waals surface area contributed by atoms with Gasteiger partial charge in [-0.25, -0.2) is 4.79 Å². The molecule has 0 amide bonds. The maximum Gasteiger partial charge on any atom is 0.386 e. The van der Waals surface area contributed by atoms with Crippen molar-refractivity contribution in [2.75, 3.05) is 6.61 Å². The molecule has 1 fully saturated rings. The second kappa shape index (κ2) is 5.06. The summed E-state index contributed by atoms with van der Waals surface area (Å²) in [6.07, 6.45) is 0.0814. The van der Waals surface area contributed by atoms with Crippen LogP contribution in [0.15, 0.2) is 54.6 Å². The van der Waals surface area contributed by atoms with Crippen LogP contribution in [-0.2, 0) is 21.6 Å². The zero-order valence-electron chi connectivity index (χ0n) is 12.8. The van der Waals surface area contributed by atoms with E-state index in [1.54, 1.807) is 36.4 Å². The lowest BCUT2D eigenvalue weighted by Crippen LogP contribution is -2.43. The first-order chi connectivity index (χ1) is 11.6. The normalized spacial score (nSPS) is 28.1. The molecule has 122 valence electrons. The van der Waals surface area contributed by atoms with Gasteiger partial charge in [0.25, 0.3) is 0 Å². The highest BCUT2D eigenvalue weighted by Gasteiger charge is 2.85. The standard InChI is InChI=1S/C18H15NO5/c20-16-18(19(21)22)11-17(18,14-7-2-1-3-8-14)12-24-15-9-5-4-6-13(15)10-23-16/h1-9H,10-12H2/t17-,18+/m0/s1. The molecule has 1 aliphatic heterocycles. The molecule has 2 atom stereocenters. The van der Waals surface area contributed by atoms with Crippen LogP contribution in [0, 0.1) is 10.1 Å². The summed E-state index contributed by atoms with van der Waals surface area (Å²) in [5.41, 5.74) is -1.37. The fraction of sp³-hybridized carbons (Fsp3) is 0.278. The predicted molar refractivity (Wildman–Crippen MR) is 84.2 cm³/mol. The average molecular weight is 325 g/mol. The minimum atomic E-state index is -1.78. The molecule has 0 bridgehead atoms. The average Bonchev–Trinajstić information content (AvgIpc) is 3.30. The van der Waals surface area contributed by atoms with E-state index in [2.05, 4.69) is 0 Å². The van der Waals surface area contributed by atoms with Gasteiger partial charge in [0.1, 0.15) is 24.4 Å². The maximum absolute atomic E-state index is 12.6. The largest absolute Gasteiger partial charge is 0.492 e. The predicted octanol–water partition coefficient (Wildman–Crippen LogP) is 2.48. The molecule has 0 aromatic heterocycles. The molecule has 0 N–H and O–H groups in total. The molecule has 6 nitrogen and oxygen atoms in total. The van der Waals surface area contributed by atoms with Gasteiger partial charge in [0.15, 0.2) is 0 Å². The van der Waals surface area contributed by atoms with Gasteiger partial charge in [0.05, 0.1) is 6.42 Å². The second-order valence-corrected chi connectivity index (χ2v) is 6.21. The van der Waals surface area contributed by atoms with Gasteiger partial charge in [0.2, 0.25) is 0 Å². The third-order valence-electron chi connectivity index (χ3n) is 5.01. The van der Waals surface area contributed by atoms with Crippen molar-refractivity contribution in [3.8, 4) is 5.75 Å². The van der Waals surface area contributed by atoms with Gasteiger partial charge in [-0.2, -0.15) is 0 Å². The van der Waals surface area contributed by atoms with Crippen molar-refractivity contribution in [1.82, 2.24) is 0 Å². The first-order valence-electron chi connectivity index (χ1n) is 7.68. The van der Waals surface area contributed by atoms with Gasteiger partial charge in [-0.3, -0.25) is 10.1 Å². The zero-order chi connectivity index (χ0) is 16.8. The summed E-state index contributed by atoms with van der Waals surface area (Å²) in [6, 6.07) is 16.2. The Kier molecular flexibility index (Phi) is 3.09. The third-order valence-corrected chi connectivity index (χ3v) is 5.01. The van der Waals surface area contributed by atoms with Gasteiger partial charge < -0.3 is 9.47 Å². The molecule has 24 heavy (non-hydrogen) atoms. The smallest absolute Gasteiger partial charge is 0.386 e. The summed E-state index contributed by atoms with van der Waals surface area (Å²) in [4.78, 5) is 23.9. The van der Waals surface area contributed by atoms with Crippen molar-refractivity contribution in [2.24, 2.45) is 0 Å². The van der Waals surface area contributed by atoms with E-state index in [-0.39, 0.29) is 19.6 Å². The maximum atomic E-state index is 12.6. The van der Waals surface area contributed by atoms with E-state index in [1.165, 1.54) is 0 Å². The summed E-state index contributed by atoms with van der Waals surface area (Å²) in [7, 11) is 0. The van der Waals surface area contributed by atoms with Gasteiger partial charge >= 0.3 is 11.5 Å². The Bertz CT molecular complexity index is 821. The number of nitro groups is 1. The van der Waals surface area contributed by atoms with Crippen LogP contribution in [0.5, 0.6) is 5.75 Å². The first-order valence-corrected chi connectivity index (χ1v) is 7.68. The molecule has 2 aromatic carbocycles. The number of benzene rings is 2. The molecule has 1 saturated carbocycles. The summed E-state index contributed by atoms with van der Waals surface area (Å²) >= 11 is 0. The fourth-order valence-corrected chi connectivity index (χ4v) is 3.55. The lowest BCUT2D eigenvalue weighted by Gasteiger charge is -2.19. The van der Waals surface area contributed by atoms with E-state index >= 15 is 0 Å². The van der Waals surface area contributed by atoms with Crippen LogP contribution in [0.25, 0.3) is 0 Å². The molecule has 1 heterocycles. The third kappa shape index (κ3) is 1.86. The quantitative estimate of drug-likeness (QED) is 0.481. The molecule has 0 unspecified atom stereocenters. The summed E-state index contributed by atoms with van der Waals surface area (Å²) in [5, 5.41) is 11.8. The van der Waals surface area contributed by atoms with Crippen LogP contribution in [0.1, 0.15) is 17.5 Å². The van der Waals surface area contributed by atoms with Crippen molar-refractivity contribution >= 4 is 5.97 Å². The highest BCUT2D eigenvalue weighted by atomic mass is 16.6. The van der Waals surface area contributed by atoms with E-state index < -0.39 is 21.8 Å². The number of fused-ring (bicyclic) bond motifs is 2. The topological polar surface area (TPSA) is 78.7 Å². The van der Waals surface area contributed by atoms with E-state index in [1.807, 2.05) is 18.2 Å². The number of carbonyl (C=O) groups is 1. The molecule has 0 spiro atoms. The number of para-hydroxylation sites is 1. The Labute approximate surface area is 138 Å². The van der Waals surface area contributed by atoms with Gasteiger partial charge in [-0.1, -0.05) is 48.5 Å². The second-order valence-electron chi connectivity index (χ2n) is 6.21. The summed E-state index contributed by atoms with van der Waals surface area (Å²) < 4.78 is 11.2. The van der Waals surface area contributed by atoms with Crippen molar-refractivity contribution in [1.29, 1.82) is 0 Å². The van der Waals surface area contributed by atoms with E-state index in [0.717, 1.165) is 5.56 Å². The molecular formula is C18H15NO5. The molecule has 0 saturated heterocycles. The highest BCUT2D eigenvalue weighted by Crippen LogP contribution is 2.61. The van der Waals surface area contributed by atoms with Crippen LogP contribution >= 0.6 is 0 Å². The highest BCUT2D eigenvalue weighted by molar-refractivity contribution is 5.87. The van der Waals surface area contributed by atoms with Crippen LogP contribution in [0.4, 0.5) is 0 Å². The van der Waals surface area contributed by atoms with E-state index in [9.17, 15) is 14.9 Å². The number of hydrogen-bond donors (Lipinski definition) is 0. The number of esters is 1. The monoisotopic (exact) mass is 325 g/mol. The Morgan fingerprint density at radius 3 is 2.46 bits per heavy atom. The van der Waals surface area contributed by atoms with Crippen LogP contribution < -0.4 is 4.74 Å². The van der Waals surface area contributed by atoms with Gasteiger partial charge in [0, 0.05) is 10.5 Å². The number of ether oxygens (including phenoxy) is 2. The minimum Gasteiger partial charge on any atom is -0.492 e. The Balaban J connectivity index is 1.83. The lowest BCUT2D eigenvalue weighted by molar-refractivity contribution is -0.531. The zero-order valence-corrected chi connectivity index (χ0v) is 12.8. The van der Waals surface area contributed by atoms with Gasteiger partial charge in [-0.05, 0) is 11.6 Å². The summed E-state index contributed by atoms with van der Waals surface area (Å²) in [5.74, 6) is -0.205. The molecule has 4 rings (SSSR count). The molecule has 1 aliphatic carbocycles. The van der Waals surface area contributed by atoms with Crippen molar-refractivity contribution in [2.45, 2.75) is 24.0 Å². The molecule has 2 aliphatic rings. The van der Waals surface area contributed by atoms with Crippen LogP contribution in [-0.4, -0.2) is 23.0 Å².